The summed E-state index contributed by atoms with van der Waals surface area (Å²) in [4.78, 5) is 0. The van der Waals surface area contributed by atoms with E-state index in [0.29, 0.717) is 18.8 Å². The van der Waals surface area contributed by atoms with Gasteiger partial charge in [-0.2, -0.15) is 0 Å². The van der Waals surface area contributed by atoms with Crippen LogP contribution in [0.25, 0.3) is 0 Å². The Kier molecular flexibility index (Phi) is 4.10. The summed E-state index contributed by atoms with van der Waals surface area (Å²) in [6.45, 7) is 1.43. The van der Waals surface area contributed by atoms with E-state index in [1.165, 1.54) is 5.56 Å². The van der Waals surface area contributed by atoms with Gasteiger partial charge in [-0.15, -0.1) is 0 Å². The minimum atomic E-state index is 0.357. The molecule has 1 aromatic carbocycles. The molecule has 3 rings (SSSR count). The Bertz CT molecular complexity index is 456. The van der Waals surface area contributed by atoms with Crippen molar-refractivity contribution < 1.29 is 9.47 Å². The Balaban J connectivity index is 1.64. The Labute approximate surface area is 122 Å². The maximum atomic E-state index is 6.04. The highest BCUT2D eigenvalue weighted by atomic mass is 79.9. The quantitative estimate of drug-likeness (QED) is 0.928. The number of halogens is 1. The van der Waals surface area contributed by atoms with E-state index >= 15 is 0 Å². The molecule has 19 heavy (non-hydrogen) atoms. The first-order chi connectivity index (χ1) is 9.22. The summed E-state index contributed by atoms with van der Waals surface area (Å²) in [6.07, 6.45) is 5.68. The van der Waals surface area contributed by atoms with Crippen molar-refractivity contribution in [1.82, 2.24) is 0 Å². The van der Waals surface area contributed by atoms with Gasteiger partial charge in [-0.05, 0) is 43.4 Å². The molecule has 1 aromatic rings. The van der Waals surface area contributed by atoms with Gasteiger partial charge in [-0.3, -0.25) is 0 Å². The number of rotatable bonds is 3. The molecule has 1 heterocycles. The Morgan fingerprint density at radius 1 is 1.26 bits per heavy atom. The van der Waals surface area contributed by atoms with Crippen molar-refractivity contribution in [2.24, 2.45) is 5.73 Å². The van der Waals surface area contributed by atoms with Crippen molar-refractivity contribution in [2.45, 2.75) is 50.9 Å². The van der Waals surface area contributed by atoms with E-state index in [1.54, 1.807) is 0 Å². The highest BCUT2D eigenvalue weighted by Gasteiger charge is 2.21. The second kappa shape index (κ2) is 5.81. The van der Waals surface area contributed by atoms with Gasteiger partial charge in [0, 0.05) is 22.5 Å². The molecule has 0 saturated heterocycles. The minimum Gasteiger partial charge on any atom is -0.493 e. The molecule has 2 aliphatic rings. The summed E-state index contributed by atoms with van der Waals surface area (Å²) >= 11 is 3.56. The van der Waals surface area contributed by atoms with Gasteiger partial charge >= 0.3 is 0 Å². The molecule has 1 aliphatic carbocycles. The number of nitrogens with two attached hydrogens (primary N) is 1. The van der Waals surface area contributed by atoms with Gasteiger partial charge in [0.05, 0.1) is 19.3 Å². The van der Waals surface area contributed by atoms with Crippen LogP contribution in [-0.4, -0.2) is 18.8 Å². The van der Waals surface area contributed by atoms with Crippen LogP contribution in [0.1, 0.15) is 36.8 Å². The third kappa shape index (κ3) is 3.12. The maximum Gasteiger partial charge on any atom is 0.128 e. The van der Waals surface area contributed by atoms with Crippen LogP contribution in [0.3, 0.4) is 0 Å². The molecule has 0 amide bonds. The van der Waals surface area contributed by atoms with Crippen LogP contribution in [0.15, 0.2) is 16.6 Å². The van der Waals surface area contributed by atoms with Crippen molar-refractivity contribution in [1.29, 1.82) is 0 Å². The zero-order valence-electron chi connectivity index (χ0n) is 11.0. The molecule has 3 nitrogen and oxygen atoms in total. The predicted molar refractivity (Wildman–Crippen MR) is 78.4 cm³/mol. The van der Waals surface area contributed by atoms with Crippen LogP contribution in [-0.2, 0) is 17.8 Å². The molecule has 4 heteroatoms. The summed E-state index contributed by atoms with van der Waals surface area (Å²) in [5.74, 6) is 1.04. The van der Waals surface area contributed by atoms with Gasteiger partial charge in [0.15, 0.2) is 0 Å². The second-order valence-corrected chi connectivity index (χ2v) is 6.42. The SMILES string of the molecule is NC1CCC(OCc2cc(Br)cc3c2OCC3)CC1. The summed E-state index contributed by atoms with van der Waals surface area (Å²) < 4.78 is 12.9. The molecule has 0 spiro atoms. The van der Waals surface area contributed by atoms with Crippen LogP contribution in [0.2, 0.25) is 0 Å². The van der Waals surface area contributed by atoms with Crippen molar-refractivity contribution >= 4 is 15.9 Å². The van der Waals surface area contributed by atoms with E-state index in [1.807, 2.05) is 0 Å². The first-order valence-electron chi connectivity index (χ1n) is 7.03. The Morgan fingerprint density at radius 2 is 2.05 bits per heavy atom. The average molecular weight is 326 g/mol. The van der Waals surface area contributed by atoms with Gasteiger partial charge in [0.25, 0.3) is 0 Å². The highest BCUT2D eigenvalue weighted by Crippen LogP contribution is 2.34. The van der Waals surface area contributed by atoms with E-state index in [4.69, 9.17) is 15.2 Å². The Morgan fingerprint density at radius 3 is 2.84 bits per heavy atom. The normalized spacial score (nSPS) is 26.0. The molecule has 1 saturated carbocycles. The number of hydrogen-bond acceptors (Lipinski definition) is 3. The van der Waals surface area contributed by atoms with E-state index in [2.05, 4.69) is 28.1 Å². The lowest BCUT2D eigenvalue weighted by Gasteiger charge is -2.26. The monoisotopic (exact) mass is 325 g/mol. The topological polar surface area (TPSA) is 44.5 Å². The zero-order chi connectivity index (χ0) is 13.2. The summed E-state index contributed by atoms with van der Waals surface area (Å²) in [5.41, 5.74) is 8.37. The minimum absolute atomic E-state index is 0.357. The number of fused-ring (bicyclic) bond motifs is 1. The molecule has 0 bridgehead atoms. The van der Waals surface area contributed by atoms with Crippen molar-refractivity contribution in [3.05, 3.63) is 27.7 Å². The molecule has 0 radical (unpaired) electrons. The molecule has 0 unspecified atom stereocenters. The van der Waals surface area contributed by atoms with Crippen molar-refractivity contribution in [2.75, 3.05) is 6.61 Å². The summed E-state index contributed by atoms with van der Waals surface area (Å²) in [6, 6.07) is 4.63. The van der Waals surface area contributed by atoms with Crippen LogP contribution in [0, 0.1) is 0 Å². The lowest BCUT2D eigenvalue weighted by atomic mass is 9.94. The zero-order valence-corrected chi connectivity index (χ0v) is 12.6. The summed E-state index contributed by atoms with van der Waals surface area (Å²) in [7, 11) is 0. The molecule has 104 valence electrons. The highest BCUT2D eigenvalue weighted by molar-refractivity contribution is 9.10. The third-order valence-corrected chi connectivity index (χ3v) is 4.48. The van der Waals surface area contributed by atoms with Crippen molar-refractivity contribution in [3.63, 3.8) is 0 Å². The van der Waals surface area contributed by atoms with Gasteiger partial charge in [-0.25, -0.2) is 0 Å². The number of ether oxygens (including phenoxy) is 2. The number of benzene rings is 1. The molecular formula is C15H20BrNO2. The van der Waals surface area contributed by atoms with E-state index in [0.717, 1.165) is 54.5 Å². The average Bonchev–Trinajstić information content (AvgIpc) is 2.85. The predicted octanol–water partition coefficient (Wildman–Crippen LogP) is 3.17. The van der Waals surface area contributed by atoms with Crippen molar-refractivity contribution in [3.8, 4) is 5.75 Å². The van der Waals surface area contributed by atoms with Crippen LogP contribution in [0.4, 0.5) is 0 Å². The first-order valence-corrected chi connectivity index (χ1v) is 7.83. The molecule has 0 atom stereocenters. The summed E-state index contributed by atoms with van der Waals surface area (Å²) in [5, 5.41) is 0. The van der Waals surface area contributed by atoms with E-state index in [9.17, 15) is 0 Å². The standard InChI is InChI=1S/C15H20BrNO2/c16-12-7-10-5-6-18-15(10)11(8-12)9-19-14-3-1-13(17)2-4-14/h7-8,13-14H,1-6,9,17H2. The fraction of sp³-hybridized carbons (Fsp3) is 0.600. The van der Waals surface area contributed by atoms with Gasteiger partial charge in [0.1, 0.15) is 5.75 Å². The second-order valence-electron chi connectivity index (χ2n) is 5.50. The molecule has 2 N–H and O–H groups in total. The fourth-order valence-electron chi connectivity index (χ4n) is 2.92. The van der Waals surface area contributed by atoms with Gasteiger partial charge < -0.3 is 15.2 Å². The lowest BCUT2D eigenvalue weighted by Crippen LogP contribution is -2.30. The smallest absolute Gasteiger partial charge is 0.128 e. The van der Waals surface area contributed by atoms with Crippen LogP contribution >= 0.6 is 15.9 Å². The largest absolute Gasteiger partial charge is 0.493 e. The van der Waals surface area contributed by atoms with Crippen LogP contribution in [0.5, 0.6) is 5.75 Å². The van der Waals surface area contributed by atoms with Gasteiger partial charge in [0.2, 0.25) is 0 Å². The van der Waals surface area contributed by atoms with Crippen LogP contribution < -0.4 is 10.5 Å². The van der Waals surface area contributed by atoms with E-state index in [-0.39, 0.29) is 0 Å². The molecule has 0 aromatic heterocycles. The fourth-order valence-corrected chi connectivity index (χ4v) is 3.47. The lowest BCUT2D eigenvalue weighted by molar-refractivity contribution is 0.0130. The van der Waals surface area contributed by atoms with Gasteiger partial charge in [-0.1, -0.05) is 15.9 Å². The third-order valence-electron chi connectivity index (χ3n) is 4.02. The first kappa shape index (κ1) is 13.4. The molecule has 1 aliphatic heterocycles. The number of hydrogen-bond donors (Lipinski definition) is 1. The molecule has 1 fully saturated rings. The molecular weight excluding hydrogens is 306 g/mol. The Hall–Kier alpha value is -0.580. The van der Waals surface area contributed by atoms with E-state index < -0.39 is 0 Å². The maximum absolute atomic E-state index is 6.04.